The normalized spacial score (nSPS) is 10.7. The van der Waals surface area contributed by atoms with Gasteiger partial charge in [-0.2, -0.15) is 0 Å². The number of amides is 1. The molecule has 0 saturated carbocycles. The molecule has 1 amide bonds. The van der Waals surface area contributed by atoms with E-state index >= 15 is 0 Å². The van der Waals surface area contributed by atoms with E-state index in [-0.39, 0.29) is 44.8 Å². The topological polar surface area (TPSA) is 167 Å². The number of methoxy groups -OCH3 is 4. The number of nitrogens with one attached hydrogen (secondary N) is 3. The van der Waals surface area contributed by atoms with Crippen molar-refractivity contribution in [1.82, 2.24) is 5.43 Å². The minimum absolute atomic E-state index is 0.102. The van der Waals surface area contributed by atoms with E-state index in [0.717, 1.165) is 18.2 Å². The molecule has 0 bridgehead atoms. The molecule has 0 saturated heterocycles. The second-order valence-corrected chi connectivity index (χ2v) is 8.92. The van der Waals surface area contributed by atoms with Crippen LogP contribution in [0.1, 0.15) is 10.4 Å². The van der Waals surface area contributed by atoms with Crippen molar-refractivity contribution >= 4 is 33.0 Å². The lowest BCUT2D eigenvalue weighted by Gasteiger charge is -2.15. The third-order valence-electron chi connectivity index (χ3n) is 5.07. The predicted molar refractivity (Wildman–Crippen MR) is 134 cm³/mol. The number of nitro benzene ring substituents is 1. The van der Waals surface area contributed by atoms with E-state index in [9.17, 15) is 23.3 Å². The fourth-order valence-corrected chi connectivity index (χ4v) is 4.37. The van der Waals surface area contributed by atoms with Gasteiger partial charge in [0, 0.05) is 11.6 Å². The molecule has 13 nitrogen and oxygen atoms in total. The number of hydrogen-bond donors (Lipinski definition) is 3. The fraction of sp³-hybridized carbons (Fsp3) is 0.174. The van der Waals surface area contributed by atoms with Gasteiger partial charge in [-0.05, 0) is 36.4 Å². The lowest BCUT2D eigenvalue weighted by atomic mass is 10.1. The van der Waals surface area contributed by atoms with E-state index in [1.165, 1.54) is 46.6 Å². The van der Waals surface area contributed by atoms with Crippen molar-refractivity contribution in [3.63, 3.8) is 0 Å². The summed E-state index contributed by atoms with van der Waals surface area (Å²) in [7, 11) is 1.36. The van der Waals surface area contributed by atoms with Crippen LogP contribution < -0.4 is 34.5 Å². The van der Waals surface area contributed by atoms with E-state index in [0.29, 0.717) is 0 Å². The number of nitrogens with zero attached hydrogens (tertiary/aromatic N) is 1. The maximum atomic E-state index is 12.9. The highest BCUT2D eigenvalue weighted by Crippen LogP contribution is 2.38. The average Bonchev–Trinajstić information content (AvgIpc) is 2.90. The third kappa shape index (κ3) is 5.92. The first kappa shape index (κ1) is 26.9. The van der Waals surface area contributed by atoms with Gasteiger partial charge < -0.3 is 18.9 Å². The Morgan fingerprint density at radius 3 is 2.03 bits per heavy atom. The number of para-hydroxylation sites is 2. The molecule has 0 heterocycles. The molecule has 0 aliphatic heterocycles. The van der Waals surface area contributed by atoms with Gasteiger partial charge in [0.15, 0.2) is 11.5 Å². The lowest BCUT2D eigenvalue weighted by Crippen LogP contribution is -2.29. The third-order valence-corrected chi connectivity index (χ3v) is 6.43. The second-order valence-electron chi connectivity index (χ2n) is 7.23. The van der Waals surface area contributed by atoms with Crippen LogP contribution in [-0.2, 0) is 10.0 Å². The van der Waals surface area contributed by atoms with E-state index < -0.39 is 26.5 Å². The van der Waals surface area contributed by atoms with Crippen LogP contribution in [0.2, 0.25) is 0 Å². The van der Waals surface area contributed by atoms with Crippen LogP contribution >= 0.6 is 0 Å². The summed E-state index contributed by atoms with van der Waals surface area (Å²) in [5, 5.41) is 11.7. The Morgan fingerprint density at radius 2 is 1.46 bits per heavy atom. The van der Waals surface area contributed by atoms with Gasteiger partial charge >= 0.3 is 0 Å². The van der Waals surface area contributed by atoms with Gasteiger partial charge in [0.05, 0.1) is 43.9 Å². The molecule has 0 aromatic heterocycles. The molecule has 0 spiro atoms. The van der Waals surface area contributed by atoms with Crippen molar-refractivity contribution in [1.29, 1.82) is 0 Å². The van der Waals surface area contributed by atoms with Crippen LogP contribution in [0.15, 0.2) is 59.5 Å². The highest BCUT2D eigenvalue weighted by atomic mass is 32.2. The van der Waals surface area contributed by atoms with Crippen LogP contribution in [0.3, 0.4) is 0 Å². The van der Waals surface area contributed by atoms with E-state index in [2.05, 4.69) is 15.6 Å². The van der Waals surface area contributed by atoms with Gasteiger partial charge in [0.1, 0.15) is 11.4 Å². The first-order chi connectivity index (χ1) is 17.6. The molecule has 3 aromatic carbocycles. The second kappa shape index (κ2) is 11.3. The Kier molecular flexibility index (Phi) is 8.24. The molecule has 0 fully saturated rings. The number of carbonyl (C=O) groups excluding carboxylic acids is 1. The van der Waals surface area contributed by atoms with Crippen LogP contribution in [0.4, 0.5) is 17.1 Å². The van der Waals surface area contributed by atoms with Gasteiger partial charge in [0.2, 0.25) is 5.75 Å². The number of hydrogen-bond acceptors (Lipinski definition) is 10. The number of nitro groups is 1. The van der Waals surface area contributed by atoms with Gasteiger partial charge in [-0.3, -0.25) is 30.5 Å². The number of sulfonamides is 1. The summed E-state index contributed by atoms with van der Waals surface area (Å²) in [6.45, 7) is 0. The molecule has 196 valence electrons. The number of benzene rings is 3. The Labute approximate surface area is 212 Å². The zero-order chi connectivity index (χ0) is 27.2. The van der Waals surface area contributed by atoms with Gasteiger partial charge in [-0.1, -0.05) is 12.1 Å². The number of hydrazine groups is 1. The summed E-state index contributed by atoms with van der Waals surface area (Å²) in [5.41, 5.74) is 4.31. The molecular weight excluding hydrogens is 508 g/mol. The van der Waals surface area contributed by atoms with Crippen molar-refractivity contribution in [3.05, 3.63) is 70.3 Å². The SMILES string of the molecule is COc1ccccc1NS(=O)(=O)c1ccc(NNC(=O)c2cc(OC)c(OC)c(OC)c2)c([N+](=O)[O-])c1. The molecule has 3 N–H and O–H groups in total. The van der Waals surface area contributed by atoms with E-state index in [4.69, 9.17) is 18.9 Å². The molecule has 37 heavy (non-hydrogen) atoms. The molecule has 14 heteroatoms. The van der Waals surface area contributed by atoms with Crippen molar-refractivity contribution in [2.45, 2.75) is 4.90 Å². The van der Waals surface area contributed by atoms with Crippen LogP contribution in [-0.4, -0.2) is 47.7 Å². The molecule has 0 unspecified atom stereocenters. The highest BCUT2D eigenvalue weighted by Gasteiger charge is 2.23. The van der Waals surface area contributed by atoms with Crippen LogP contribution in [0.5, 0.6) is 23.0 Å². The molecule has 0 aliphatic rings. The summed E-state index contributed by atoms with van der Waals surface area (Å²) in [6.07, 6.45) is 0. The number of carbonyl (C=O) groups is 1. The number of rotatable bonds is 11. The largest absolute Gasteiger partial charge is 0.495 e. The first-order valence-electron chi connectivity index (χ1n) is 10.5. The minimum Gasteiger partial charge on any atom is -0.495 e. The standard InChI is InChI=1S/C23H24N4O9S/c1-33-19-8-6-5-7-17(19)26-37(31,32)15-9-10-16(18(13-15)27(29)30)24-25-23(28)14-11-20(34-2)22(36-4)21(12-14)35-3/h5-13,24,26H,1-4H3,(H,25,28). The number of anilines is 2. The quantitative estimate of drug-likeness (QED) is 0.246. The summed E-state index contributed by atoms with van der Waals surface area (Å²) >= 11 is 0. The summed E-state index contributed by atoms with van der Waals surface area (Å²) < 4.78 is 48.9. The maximum Gasteiger partial charge on any atom is 0.295 e. The fourth-order valence-electron chi connectivity index (χ4n) is 3.28. The minimum atomic E-state index is -4.20. The monoisotopic (exact) mass is 532 g/mol. The summed E-state index contributed by atoms with van der Waals surface area (Å²) in [5.74, 6) is 0.338. The maximum absolute atomic E-state index is 12.9. The molecular formula is C23H24N4O9S. The van der Waals surface area contributed by atoms with Crippen molar-refractivity contribution in [3.8, 4) is 23.0 Å². The molecule has 0 atom stereocenters. The Morgan fingerprint density at radius 1 is 0.838 bits per heavy atom. The lowest BCUT2D eigenvalue weighted by molar-refractivity contribution is -0.384. The Bertz CT molecular complexity index is 1400. The average molecular weight is 533 g/mol. The predicted octanol–water partition coefficient (Wildman–Crippen LogP) is 3.19. The zero-order valence-corrected chi connectivity index (χ0v) is 21.0. The van der Waals surface area contributed by atoms with Crippen LogP contribution in [0.25, 0.3) is 0 Å². The van der Waals surface area contributed by atoms with Gasteiger partial charge in [-0.25, -0.2) is 8.42 Å². The van der Waals surface area contributed by atoms with Crippen molar-refractivity contribution < 1.29 is 37.1 Å². The molecule has 3 aromatic rings. The molecule has 3 rings (SSSR count). The zero-order valence-electron chi connectivity index (χ0n) is 20.2. The van der Waals surface area contributed by atoms with Crippen molar-refractivity contribution in [2.24, 2.45) is 0 Å². The molecule has 0 radical (unpaired) electrons. The Balaban J connectivity index is 1.85. The summed E-state index contributed by atoms with van der Waals surface area (Å²) in [4.78, 5) is 23.2. The molecule has 0 aliphatic carbocycles. The van der Waals surface area contributed by atoms with E-state index in [1.807, 2.05) is 0 Å². The van der Waals surface area contributed by atoms with Crippen molar-refractivity contribution in [2.75, 3.05) is 38.6 Å². The highest BCUT2D eigenvalue weighted by molar-refractivity contribution is 7.92. The first-order valence-corrected chi connectivity index (χ1v) is 11.9. The van der Waals surface area contributed by atoms with E-state index in [1.54, 1.807) is 18.2 Å². The van der Waals surface area contributed by atoms with Crippen LogP contribution in [0, 0.1) is 10.1 Å². The smallest absolute Gasteiger partial charge is 0.295 e. The number of ether oxygens (including phenoxy) is 4. The Hall–Kier alpha value is -4.72. The van der Waals surface area contributed by atoms with Gasteiger partial charge in [0.25, 0.3) is 21.6 Å². The summed E-state index contributed by atoms with van der Waals surface area (Å²) in [6, 6.07) is 12.3. The van der Waals surface area contributed by atoms with Gasteiger partial charge in [-0.15, -0.1) is 0 Å².